The average Bonchev–Trinajstić information content (AvgIpc) is 3.38. The first-order chi connectivity index (χ1) is 19.5. The number of benzene rings is 3. The summed E-state index contributed by atoms with van der Waals surface area (Å²) in [5, 5.41) is 34.7. The van der Waals surface area contributed by atoms with E-state index in [0.29, 0.717) is 41.2 Å². The van der Waals surface area contributed by atoms with Gasteiger partial charge in [0, 0.05) is 42.2 Å². The quantitative estimate of drug-likeness (QED) is 0.111. The van der Waals surface area contributed by atoms with Crippen LogP contribution < -0.4 is 10.1 Å². The van der Waals surface area contributed by atoms with Gasteiger partial charge in [0.2, 0.25) is 5.90 Å². The van der Waals surface area contributed by atoms with Crippen molar-refractivity contribution in [1.29, 1.82) is 0 Å². The summed E-state index contributed by atoms with van der Waals surface area (Å²) in [7, 11) is 0. The van der Waals surface area contributed by atoms with Crippen LogP contribution in [-0.4, -0.2) is 65.1 Å². The highest BCUT2D eigenvalue weighted by atomic mass is 16.5. The van der Waals surface area contributed by atoms with Crippen molar-refractivity contribution in [3.8, 4) is 5.75 Å². The minimum atomic E-state index is -1.55. The number of carbonyl (C=O) groups is 1. The zero-order valence-electron chi connectivity index (χ0n) is 21.8. The second-order valence-corrected chi connectivity index (χ2v) is 9.24. The number of rotatable bonds is 13. The lowest BCUT2D eigenvalue weighted by molar-refractivity contribution is -0.129. The summed E-state index contributed by atoms with van der Waals surface area (Å²) in [5.74, 6) is 0.319. The number of ether oxygens (including phenoxy) is 2. The Kier molecular flexibility index (Phi) is 9.71. The fourth-order valence-electron chi connectivity index (χ4n) is 4.43. The van der Waals surface area contributed by atoms with Crippen LogP contribution in [0, 0.1) is 0 Å². The van der Waals surface area contributed by atoms with Crippen molar-refractivity contribution in [3.63, 3.8) is 0 Å². The van der Waals surface area contributed by atoms with Gasteiger partial charge in [0.15, 0.2) is 11.6 Å². The highest BCUT2D eigenvalue weighted by Gasteiger charge is 2.53. The van der Waals surface area contributed by atoms with E-state index in [2.05, 4.69) is 15.3 Å². The molecule has 0 bridgehead atoms. The maximum Gasteiger partial charge on any atom is 0.252 e. The molecule has 3 aromatic carbocycles. The highest BCUT2D eigenvalue weighted by Crippen LogP contribution is 2.43. The van der Waals surface area contributed by atoms with Crippen LogP contribution in [0.5, 0.6) is 5.75 Å². The Balaban J connectivity index is 1.80. The molecular weight excluding hydrogens is 514 g/mol. The van der Waals surface area contributed by atoms with Gasteiger partial charge in [0.25, 0.3) is 5.91 Å². The van der Waals surface area contributed by atoms with E-state index in [9.17, 15) is 15.0 Å². The summed E-state index contributed by atoms with van der Waals surface area (Å²) in [6, 6.07) is 23.2. The summed E-state index contributed by atoms with van der Waals surface area (Å²) in [5.41, 5.74) is 9.81. The molecule has 3 atom stereocenters. The molecule has 208 valence electrons. The van der Waals surface area contributed by atoms with Crippen molar-refractivity contribution >= 4 is 17.5 Å². The number of amides is 1. The van der Waals surface area contributed by atoms with Gasteiger partial charge < -0.3 is 30.1 Å². The maximum atomic E-state index is 14.0. The molecule has 0 saturated heterocycles. The fourth-order valence-corrected chi connectivity index (χ4v) is 4.43. The Hall–Kier alpha value is -4.41. The third kappa shape index (κ3) is 6.59. The van der Waals surface area contributed by atoms with Crippen LogP contribution >= 0.6 is 0 Å². The Labute approximate surface area is 231 Å². The molecule has 3 aromatic rings. The molecule has 0 fully saturated rings. The van der Waals surface area contributed by atoms with Crippen LogP contribution in [0.15, 0.2) is 89.0 Å². The fraction of sp³-hybridized carbons (Fsp3) is 0.310. The number of aliphatic imine (C=N–C) groups is 1. The summed E-state index contributed by atoms with van der Waals surface area (Å²) < 4.78 is 12.0. The number of nitrogens with one attached hydrogen (secondary N) is 1. The average molecular weight is 546 g/mol. The van der Waals surface area contributed by atoms with Gasteiger partial charge in [-0.1, -0.05) is 59.7 Å². The third-order valence-corrected chi connectivity index (χ3v) is 6.45. The van der Waals surface area contributed by atoms with Crippen LogP contribution in [0.3, 0.4) is 0 Å². The Morgan fingerprint density at radius 3 is 2.52 bits per heavy atom. The van der Waals surface area contributed by atoms with E-state index in [1.807, 2.05) is 30.3 Å². The van der Waals surface area contributed by atoms with Crippen molar-refractivity contribution in [2.45, 2.75) is 30.6 Å². The number of carbonyl (C=O) groups excluding carboxylic acids is 1. The molecule has 0 radical (unpaired) electrons. The van der Waals surface area contributed by atoms with Crippen LogP contribution in [0.1, 0.15) is 29.2 Å². The van der Waals surface area contributed by atoms with E-state index >= 15 is 0 Å². The van der Waals surface area contributed by atoms with Gasteiger partial charge in [0.1, 0.15) is 5.75 Å². The molecule has 1 amide bonds. The van der Waals surface area contributed by atoms with Gasteiger partial charge in [-0.05, 0) is 40.9 Å². The SMILES string of the molecule is [N-]=[N+]=Nc1ccccc1C[C@@]1(C(=O)NCC(O)CO)N=C(c2ccc(OCCCO)cc2)O[C@@H]1c1ccccc1. The molecule has 0 aromatic heterocycles. The topological polar surface area (TPSA) is 169 Å². The Morgan fingerprint density at radius 1 is 1.10 bits per heavy atom. The van der Waals surface area contributed by atoms with Crippen molar-refractivity contribution < 1.29 is 29.6 Å². The molecule has 0 saturated carbocycles. The van der Waals surface area contributed by atoms with Gasteiger partial charge in [-0.15, -0.1) is 0 Å². The van der Waals surface area contributed by atoms with Gasteiger partial charge in [-0.3, -0.25) is 4.79 Å². The highest BCUT2D eigenvalue weighted by molar-refractivity contribution is 6.01. The summed E-state index contributed by atoms with van der Waals surface area (Å²) in [4.78, 5) is 21.8. The first-order valence-corrected chi connectivity index (χ1v) is 12.9. The smallest absolute Gasteiger partial charge is 0.252 e. The van der Waals surface area contributed by atoms with E-state index < -0.39 is 30.3 Å². The Morgan fingerprint density at radius 2 is 1.82 bits per heavy atom. The van der Waals surface area contributed by atoms with Crippen LogP contribution in [0.25, 0.3) is 10.4 Å². The maximum absolute atomic E-state index is 14.0. The number of nitrogens with zero attached hydrogens (tertiary/aromatic N) is 4. The lowest BCUT2D eigenvalue weighted by atomic mass is 9.81. The van der Waals surface area contributed by atoms with Crippen molar-refractivity contribution in [1.82, 2.24) is 5.32 Å². The number of hydrogen-bond acceptors (Lipinski definition) is 8. The summed E-state index contributed by atoms with van der Waals surface area (Å²) in [6.45, 7) is -0.309. The zero-order valence-corrected chi connectivity index (χ0v) is 21.8. The lowest BCUT2D eigenvalue weighted by Gasteiger charge is -2.31. The lowest BCUT2D eigenvalue weighted by Crippen LogP contribution is -2.51. The normalized spacial score (nSPS) is 18.7. The van der Waals surface area contributed by atoms with E-state index in [1.54, 1.807) is 48.5 Å². The van der Waals surface area contributed by atoms with Gasteiger partial charge >= 0.3 is 0 Å². The first-order valence-electron chi connectivity index (χ1n) is 12.9. The number of aliphatic hydroxyl groups is 3. The van der Waals surface area contributed by atoms with Gasteiger partial charge in [-0.25, -0.2) is 4.99 Å². The predicted molar refractivity (Wildman–Crippen MR) is 148 cm³/mol. The molecule has 0 spiro atoms. The summed E-state index contributed by atoms with van der Waals surface area (Å²) >= 11 is 0. The molecule has 1 unspecified atom stereocenters. The molecule has 4 rings (SSSR count). The molecule has 0 aliphatic carbocycles. The van der Waals surface area contributed by atoms with Crippen molar-refractivity contribution in [3.05, 3.63) is 106 Å². The van der Waals surface area contributed by atoms with Crippen molar-refractivity contribution in [2.24, 2.45) is 10.1 Å². The second kappa shape index (κ2) is 13.6. The minimum Gasteiger partial charge on any atom is -0.494 e. The molecule has 1 heterocycles. The van der Waals surface area contributed by atoms with E-state index in [4.69, 9.17) is 25.1 Å². The van der Waals surface area contributed by atoms with E-state index in [1.165, 1.54) is 0 Å². The predicted octanol–water partition coefficient (Wildman–Crippen LogP) is 3.36. The second-order valence-electron chi connectivity index (χ2n) is 9.24. The van der Waals surface area contributed by atoms with Crippen LogP contribution in [0.4, 0.5) is 5.69 Å². The monoisotopic (exact) mass is 545 g/mol. The van der Waals surface area contributed by atoms with Crippen LogP contribution in [0.2, 0.25) is 0 Å². The van der Waals surface area contributed by atoms with E-state index in [-0.39, 0.29) is 25.5 Å². The van der Waals surface area contributed by atoms with Gasteiger partial charge in [-0.2, -0.15) is 0 Å². The van der Waals surface area contributed by atoms with E-state index in [0.717, 1.165) is 0 Å². The minimum absolute atomic E-state index is 0.0225. The zero-order chi connectivity index (χ0) is 28.4. The standard InChI is InChI=1S/C29H31N5O6/c30-34-33-25-10-5-4-9-22(25)17-29(28(38)31-18-23(37)19-36)26(20-7-2-1-3-8-20)40-27(32-29)21-11-13-24(14-12-21)39-16-6-15-35/h1-5,7-14,23,26,35-37H,6,15-19H2,(H,31,38)/t23?,26-,29-/m1/s1. The third-order valence-electron chi connectivity index (χ3n) is 6.45. The molecule has 1 aliphatic rings. The molecule has 4 N–H and O–H groups in total. The summed E-state index contributed by atoms with van der Waals surface area (Å²) in [6.07, 6.45) is -1.49. The number of hydrogen-bond donors (Lipinski definition) is 4. The molecule has 1 aliphatic heterocycles. The van der Waals surface area contributed by atoms with Crippen molar-refractivity contribution in [2.75, 3.05) is 26.4 Å². The Bertz CT molecular complexity index is 1360. The van der Waals surface area contributed by atoms with Gasteiger partial charge in [0.05, 0.1) is 19.3 Å². The molecular formula is C29H31N5O6. The number of azide groups is 1. The number of aliphatic hydroxyl groups excluding tert-OH is 3. The van der Waals surface area contributed by atoms with Crippen LogP contribution in [-0.2, 0) is 16.0 Å². The molecule has 40 heavy (non-hydrogen) atoms. The largest absolute Gasteiger partial charge is 0.494 e. The molecule has 11 heteroatoms. The first kappa shape index (κ1) is 28.6. The molecule has 11 nitrogen and oxygen atoms in total.